The number of ether oxygens (including phenoxy) is 2. The van der Waals surface area contributed by atoms with E-state index < -0.39 is 18.2 Å². The first kappa shape index (κ1) is 13.9. The molecule has 7 heteroatoms. The summed E-state index contributed by atoms with van der Waals surface area (Å²) in [6.45, 7) is 0.800. The number of hydrogen-bond acceptors (Lipinski definition) is 5. The van der Waals surface area contributed by atoms with Gasteiger partial charge in [0.25, 0.3) is 0 Å². The van der Waals surface area contributed by atoms with Gasteiger partial charge in [-0.1, -0.05) is 0 Å². The molecule has 0 aromatic heterocycles. The first-order valence-corrected chi connectivity index (χ1v) is 5.49. The Kier molecular flexibility index (Phi) is 5.88. The standard InChI is InChI=1S/C10H17NO6/c12-4-6-16-5-3-11-9(13)7-1-2-8(17-7)10(14)15/h7-8,12H,1-6H2,(H,11,13)(H,14,15). The van der Waals surface area contributed by atoms with Crippen molar-refractivity contribution >= 4 is 11.9 Å². The Morgan fingerprint density at radius 2 is 2.00 bits per heavy atom. The van der Waals surface area contributed by atoms with Gasteiger partial charge in [-0.05, 0) is 12.8 Å². The third-order valence-corrected chi connectivity index (χ3v) is 2.37. The van der Waals surface area contributed by atoms with Crippen molar-refractivity contribution in [3.63, 3.8) is 0 Å². The molecule has 0 saturated carbocycles. The minimum atomic E-state index is -1.04. The van der Waals surface area contributed by atoms with E-state index in [4.69, 9.17) is 19.7 Å². The predicted octanol–water partition coefficient (Wildman–Crippen LogP) is -1.26. The molecule has 1 saturated heterocycles. The van der Waals surface area contributed by atoms with E-state index in [9.17, 15) is 9.59 Å². The molecule has 0 aromatic carbocycles. The molecular weight excluding hydrogens is 230 g/mol. The molecule has 2 atom stereocenters. The number of aliphatic hydroxyl groups is 1. The van der Waals surface area contributed by atoms with Crippen molar-refractivity contribution in [2.24, 2.45) is 0 Å². The number of nitrogens with one attached hydrogen (secondary N) is 1. The van der Waals surface area contributed by atoms with Gasteiger partial charge < -0.3 is 25.0 Å². The smallest absolute Gasteiger partial charge is 0.332 e. The Bertz CT molecular complexity index is 270. The Hall–Kier alpha value is -1.18. The van der Waals surface area contributed by atoms with Gasteiger partial charge in [0, 0.05) is 6.54 Å². The van der Waals surface area contributed by atoms with Gasteiger partial charge in [-0.15, -0.1) is 0 Å². The first-order chi connectivity index (χ1) is 8.15. The maximum absolute atomic E-state index is 11.5. The lowest BCUT2D eigenvalue weighted by Gasteiger charge is -2.11. The van der Waals surface area contributed by atoms with Gasteiger partial charge >= 0.3 is 5.97 Å². The zero-order valence-corrected chi connectivity index (χ0v) is 9.42. The van der Waals surface area contributed by atoms with E-state index in [1.165, 1.54) is 0 Å². The molecule has 0 spiro atoms. The highest BCUT2D eigenvalue weighted by Crippen LogP contribution is 2.19. The summed E-state index contributed by atoms with van der Waals surface area (Å²) in [6.07, 6.45) is -0.792. The zero-order chi connectivity index (χ0) is 12.7. The van der Waals surface area contributed by atoms with Crippen molar-refractivity contribution in [2.45, 2.75) is 25.0 Å². The number of rotatable bonds is 7. The number of carbonyl (C=O) groups is 2. The maximum Gasteiger partial charge on any atom is 0.332 e. The van der Waals surface area contributed by atoms with E-state index >= 15 is 0 Å². The lowest BCUT2D eigenvalue weighted by molar-refractivity contribution is -0.151. The summed E-state index contributed by atoms with van der Waals surface area (Å²) in [4.78, 5) is 22.1. The van der Waals surface area contributed by atoms with Crippen molar-refractivity contribution in [2.75, 3.05) is 26.4 Å². The molecule has 1 heterocycles. The Morgan fingerprint density at radius 1 is 1.29 bits per heavy atom. The zero-order valence-electron chi connectivity index (χ0n) is 9.42. The summed E-state index contributed by atoms with van der Waals surface area (Å²) in [5.74, 6) is -1.35. The van der Waals surface area contributed by atoms with E-state index in [0.29, 0.717) is 26.0 Å². The van der Waals surface area contributed by atoms with E-state index in [0.717, 1.165) is 0 Å². The van der Waals surface area contributed by atoms with Gasteiger partial charge in [-0.25, -0.2) is 4.79 Å². The number of amides is 1. The third kappa shape index (κ3) is 4.68. The monoisotopic (exact) mass is 247 g/mol. The van der Waals surface area contributed by atoms with Gasteiger partial charge in [-0.3, -0.25) is 4.79 Å². The predicted molar refractivity (Wildman–Crippen MR) is 56.4 cm³/mol. The van der Waals surface area contributed by atoms with Gasteiger partial charge in [0.05, 0.1) is 19.8 Å². The molecule has 2 unspecified atom stereocenters. The fraction of sp³-hybridized carbons (Fsp3) is 0.800. The lowest BCUT2D eigenvalue weighted by atomic mass is 10.2. The Balaban J connectivity index is 2.14. The highest BCUT2D eigenvalue weighted by Gasteiger charge is 2.34. The molecule has 7 nitrogen and oxygen atoms in total. The average molecular weight is 247 g/mol. The Labute approximate surface area is 98.7 Å². The molecule has 3 N–H and O–H groups in total. The number of carboxylic acids is 1. The Morgan fingerprint density at radius 3 is 2.59 bits per heavy atom. The number of carbonyl (C=O) groups excluding carboxylic acids is 1. The van der Waals surface area contributed by atoms with Gasteiger partial charge in [0.2, 0.25) is 5.91 Å². The minimum absolute atomic E-state index is 0.0556. The van der Waals surface area contributed by atoms with Crippen LogP contribution in [0, 0.1) is 0 Å². The van der Waals surface area contributed by atoms with Gasteiger partial charge in [0.15, 0.2) is 6.10 Å². The van der Waals surface area contributed by atoms with Crippen LogP contribution in [0.5, 0.6) is 0 Å². The van der Waals surface area contributed by atoms with Gasteiger partial charge in [-0.2, -0.15) is 0 Å². The van der Waals surface area contributed by atoms with Crippen LogP contribution in [-0.2, 0) is 19.1 Å². The van der Waals surface area contributed by atoms with Crippen molar-refractivity contribution < 1.29 is 29.3 Å². The molecule has 1 fully saturated rings. The van der Waals surface area contributed by atoms with Crippen LogP contribution in [0.3, 0.4) is 0 Å². The molecule has 0 aliphatic carbocycles. The van der Waals surface area contributed by atoms with E-state index in [1.54, 1.807) is 0 Å². The molecule has 1 amide bonds. The lowest BCUT2D eigenvalue weighted by Crippen LogP contribution is -2.37. The second-order valence-electron chi connectivity index (χ2n) is 3.66. The summed E-state index contributed by atoms with van der Waals surface area (Å²) in [7, 11) is 0. The SMILES string of the molecule is O=C(O)C1CCC(C(=O)NCCOCCO)O1. The molecular formula is C10H17NO6. The minimum Gasteiger partial charge on any atom is -0.479 e. The van der Waals surface area contributed by atoms with Crippen molar-refractivity contribution in [3.05, 3.63) is 0 Å². The van der Waals surface area contributed by atoms with Crippen molar-refractivity contribution in [1.82, 2.24) is 5.32 Å². The summed E-state index contributed by atoms with van der Waals surface area (Å²) in [6, 6.07) is 0. The normalized spacial score (nSPS) is 23.6. The molecule has 0 radical (unpaired) electrons. The third-order valence-electron chi connectivity index (χ3n) is 2.37. The van der Waals surface area contributed by atoms with Crippen LogP contribution in [-0.4, -0.2) is 60.7 Å². The molecule has 1 aliphatic heterocycles. The number of hydrogen-bond donors (Lipinski definition) is 3. The quantitative estimate of drug-likeness (QED) is 0.485. The van der Waals surface area contributed by atoms with Crippen molar-refractivity contribution in [1.29, 1.82) is 0 Å². The fourth-order valence-corrected chi connectivity index (χ4v) is 1.54. The number of aliphatic carboxylic acids is 1. The molecule has 98 valence electrons. The second kappa shape index (κ2) is 7.21. The summed E-state index contributed by atoms with van der Waals surface area (Å²) in [5, 5.41) is 19.7. The number of aliphatic hydroxyl groups excluding tert-OH is 1. The van der Waals surface area contributed by atoms with E-state index in [-0.39, 0.29) is 19.1 Å². The fourth-order valence-electron chi connectivity index (χ4n) is 1.54. The molecule has 17 heavy (non-hydrogen) atoms. The molecule has 1 rings (SSSR count). The van der Waals surface area contributed by atoms with E-state index in [2.05, 4.69) is 5.32 Å². The van der Waals surface area contributed by atoms with E-state index in [1.807, 2.05) is 0 Å². The summed E-state index contributed by atoms with van der Waals surface area (Å²) < 4.78 is 10.0. The van der Waals surface area contributed by atoms with Crippen molar-refractivity contribution in [3.8, 4) is 0 Å². The van der Waals surface area contributed by atoms with Crippen LogP contribution in [0.1, 0.15) is 12.8 Å². The molecule has 0 aromatic rings. The number of carboxylic acid groups (broad SMARTS) is 1. The highest BCUT2D eigenvalue weighted by atomic mass is 16.5. The summed E-state index contributed by atoms with van der Waals surface area (Å²) in [5.41, 5.74) is 0. The van der Waals surface area contributed by atoms with Gasteiger partial charge in [0.1, 0.15) is 6.10 Å². The van der Waals surface area contributed by atoms with Crippen LogP contribution in [0.25, 0.3) is 0 Å². The molecule has 0 bridgehead atoms. The highest BCUT2D eigenvalue weighted by molar-refractivity contribution is 5.82. The second-order valence-corrected chi connectivity index (χ2v) is 3.66. The maximum atomic E-state index is 11.5. The summed E-state index contributed by atoms with van der Waals surface area (Å²) >= 11 is 0. The average Bonchev–Trinajstić information content (AvgIpc) is 2.78. The molecule has 1 aliphatic rings. The van der Waals surface area contributed by atoms with Crippen LogP contribution < -0.4 is 5.32 Å². The van der Waals surface area contributed by atoms with Crippen LogP contribution in [0.15, 0.2) is 0 Å². The van der Waals surface area contributed by atoms with Crippen LogP contribution >= 0.6 is 0 Å². The largest absolute Gasteiger partial charge is 0.479 e. The van der Waals surface area contributed by atoms with Crippen LogP contribution in [0.2, 0.25) is 0 Å². The topological polar surface area (TPSA) is 105 Å². The van der Waals surface area contributed by atoms with Crippen LogP contribution in [0.4, 0.5) is 0 Å². The first-order valence-electron chi connectivity index (χ1n) is 5.49.